The average Bonchev–Trinajstić information content (AvgIpc) is 2.90. The number of nitrogens with zero attached hydrogens (tertiary/aromatic N) is 2. The van der Waals surface area contributed by atoms with Crippen molar-refractivity contribution in [2.75, 3.05) is 18.0 Å². The van der Waals surface area contributed by atoms with E-state index in [0.717, 1.165) is 24.5 Å². The van der Waals surface area contributed by atoms with Gasteiger partial charge in [-0.1, -0.05) is 25.5 Å². The molecule has 1 fully saturated rings. The van der Waals surface area contributed by atoms with Gasteiger partial charge in [-0.25, -0.2) is 0 Å². The molecule has 3 nitrogen and oxygen atoms in total. The first-order valence-electron chi connectivity index (χ1n) is 7.14. The Balaban J connectivity index is 1.92. The summed E-state index contributed by atoms with van der Waals surface area (Å²) in [6.07, 6.45) is 3.77. The van der Waals surface area contributed by atoms with Gasteiger partial charge in [-0.15, -0.1) is 0 Å². The van der Waals surface area contributed by atoms with Gasteiger partial charge in [-0.05, 0) is 42.4 Å². The van der Waals surface area contributed by atoms with E-state index < -0.39 is 0 Å². The Morgan fingerprint density at radius 1 is 1.42 bits per heavy atom. The smallest absolute Gasteiger partial charge is 0.120 e. The van der Waals surface area contributed by atoms with Gasteiger partial charge in [-0.2, -0.15) is 4.37 Å². The van der Waals surface area contributed by atoms with E-state index in [4.69, 9.17) is 5.73 Å². The average molecular weight is 275 g/mol. The first-order chi connectivity index (χ1) is 9.33. The van der Waals surface area contributed by atoms with Crippen molar-refractivity contribution in [1.82, 2.24) is 4.37 Å². The molecule has 1 aromatic carbocycles. The molecule has 1 saturated heterocycles. The van der Waals surface area contributed by atoms with E-state index in [1.807, 2.05) is 0 Å². The normalized spacial score (nSPS) is 24.0. The number of benzene rings is 1. The van der Waals surface area contributed by atoms with Crippen LogP contribution in [0.3, 0.4) is 0 Å². The Morgan fingerprint density at radius 3 is 3.05 bits per heavy atom. The molecule has 2 unspecified atom stereocenters. The molecule has 2 aromatic rings. The summed E-state index contributed by atoms with van der Waals surface area (Å²) in [5.74, 6) is 0.837. The number of anilines is 1. The molecule has 0 amide bonds. The Hall–Kier alpha value is -1.13. The molecule has 0 bridgehead atoms. The molecule has 1 aromatic heterocycles. The van der Waals surface area contributed by atoms with Crippen LogP contribution in [-0.4, -0.2) is 23.5 Å². The SMILES string of the molecule is CCC1CCN(c2snc3ccccc23)C(CN)C1. The van der Waals surface area contributed by atoms with Crippen molar-refractivity contribution in [2.45, 2.75) is 32.2 Å². The highest BCUT2D eigenvalue weighted by Gasteiger charge is 2.28. The minimum atomic E-state index is 0.475. The molecule has 2 heterocycles. The minimum Gasteiger partial charge on any atom is -0.357 e. The second-order valence-corrected chi connectivity index (χ2v) is 6.14. The summed E-state index contributed by atoms with van der Waals surface area (Å²) in [5.41, 5.74) is 7.11. The summed E-state index contributed by atoms with van der Waals surface area (Å²) in [5, 5.41) is 2.58. The maximum Gasteiger partial charge on any atom is 0.120 e. The molecule has 4 heteroatoms. The van der Waals surface area contributed by atoms with Crippen LogP contribution in [0.15, 0.2) is 24.3 Å². The number of nitrogens with two attached hydrogens (primary N) is 1. The predicted octanol–water partition coefficient (Wildman–Crippen LogP) is 3.25. The van der Waals surface area contributed by atoms with Crippen LogP contribution >= 0.6 is 11.5 Å². The number of hydrogen-bond acceptors (Lipinski definition) is 4. The minimum absolute atomic E-state index is 0.475. The van der Waals surface area contributed by atoms with Gasteiger partial charge in [0.15, 0.2) is 0 Å². The lowest BCUT2D eigenvalue weighted by Gasteiger charge is -2.39. The van der Waals surface area contributed by atoms with Crippen LogP contribution in [0.2, 0.25) is 0 Å². The van der Waals surface area contributed by atoms with Gasteiger partial charge in [-0.3, -0.25) is 0 Å². The Bertz CT molecular complexity index is 551. The third-order valence-electron chi connectivity index (χ3n) is 4.30. The lowest BCUT2D eigenvalue weighted by atomic mass is 9.89. The molecule has 2 N–H and O–H groups in total. The zero-order valence-electron chi connectivity index (χ0n) is 11.4. The fraction of sp³-hybridized carbons (Fsp3) is 0.533. The van der Waals surface area contributed by atoms with Crippen LogP contribution in [0.4, 0.5) is 5.00 Å². The lowest BCUT2D eigenvalue weighted by molar-refractivity contribution is 0.337. The third kappa shape index (κ3) is 2.35. The van der Waals surface area contributed by atoms with Crippen LogP contribution < -0.4 is 10.6 Å². The maximum atomic E-state index is 6.00. The molecule has 1 aliphatic rings. The number of aromatic nitrogens is 1. The maximum absolute atomic E-state index is 6.00. The highest BCUT2D eigenvalue weighted by Crippen LogP contribution is 2.36. The molecular weight excluding hydrogens is 254 g/mol. The van der Waals surface area contributed by atoms with Crippen LogP contribution in [0.25, 0.3) is 10.9 Å². The molecule has 0 spiro atoms. The van der Waals surface area contributed by atoms with Crippen molar-refractivity contribution in [3.05, 3.63) is 24.3 Å². The summed E-state index contributed by atoms with van der Waals surface area (Å²) in [4.78, 5) is 2.49. The number of hydrogen-bond donors (Lipinski definition) is 1. The highest BCUT2D eigenvalue weighted by molar-refractivity contribution is 7.11. The van der Waals surface area contributed by atoms with Crippen LogP contribution in [0, 0.1) is 5.92 Å². The fourth-order valence-electron chi connectivity index (χ4n) is 3.08. The van der Waals surface area contributed by atoms with Gasteiger partial charge in [0.05, 0.1) is 5.52 Å². The topological polar surface area (TPSA) is 42.2 Å². The van der Waals surface area contributed by atoms with Crippen molar-refractivity contribution in [2.24, 2.45) is 11.7 Å². The molecule has 0 saturated carbocycles. The Kier molecular flexibility index (Phi) is 3.71. The van der Waals surface area contributed by atoms with Crippen molar-refractivity contribution in [3.63, 3.8) is 0 Å². The number of fused-ring (bicyclic) bond motifs is 1. The molecule has 19 heavy (non-hydrogen) atoms. The highest BCUT2D eigenvalue weighted by atomic mass is 32.1. The van der Waals surface area contributed by atoms with E-state index in [1.54, 1.807) is 11.5 Å². The van der Waals surface area contributed by atoms with E-state index in [-0.39, 0.29) is 0 Å². The molecule has 102 valence electrons. The molecule has 3 rings (SSSR count). The van der Waals surface area contributed by atoms with Gasteiger partial charge in [0.25, 0.3) is 0 Å². The van der Waals surface area contributed by atoms with Crippen LogP contribution in [0.5, 0.6) is 0 Å². The molecule has 0 aliphatic carbocycles. The van der Waals surface area contributed by atoms with Gasteiger partial charge in [0.2, 0.25) is 0 Å². The van der Waals surface area contributed by atoms with Gasteiger partial charge >= 0.3 is 0 Å². The third-order valence-corrected chi connectivity index (χ3v) is 5.21. The lowest BCUT2D eigenvalue weighted by Crippen LogP contribution is -2.46. The van der Waals surface area contributed by atoms with Gasteiger partial charge in [0, 0.05) is 24.5 Å². The van der Waals surface area contributed by atoms with Gasteiger partial charge < -0.3 is 10.6 Å². The zero-order valence-corrected chi connectivity index (χ0v) is 12.2. The van der Waals surface area contributed by atoms with Crippen molar-refractivity contribution >= 4 is 27.4 Å². The second kappa shape index (κ2) is 5.47. The first kappa shape index (κ1) is 12.9. The second-order valence-electron chi connectivity index (χ2n) is 5.39. The summed E-state index contributed by atoms with van der Waals surface area (Å²) < 4.78 is 4.56. The largest absolute Gasteiger partial charge is 0.357 e. The first-order valence-corrected chi connectivity index (χ1v) is 7.92. The van der Waals surface area contributed by atoms with Crippen molar-refractivity contribution < 1.29 is 0 Å². The molecule has 0 radical (unpaired) electrons. The van der Waals surface area contributed by atoms with Crippen LogP contribution in [-0.2, 0) is 0 Å². The number of rotatable bonds is 3. The Labute approximate surface area is 118 Å². The van der Waals surface area contributed by atoms with Crippen LogP contribution in [0.1, 0.15) is 26.2 Å². The summed E-state index contributed by atoms with van der Waals surface area (Å²) >= 11 is 1.62. The standard InChI is InChI=1S/C15H21N3S/c1-2-11-7-8-18(12(9-11)10-16)15-13-5-3-4-6-14(13)17-19-15/h3-6,11-12H,2,7-10,16H2,1H3. The van der Waals surface area contributed by atoms with Crippen molar-refractivity contribution in [3.8, 4) is 0 Å². The van der Waals surface area contributed by atoms with E-state index in [2.05, 4.69) is 40.5 Å². The monoisotopic (exact) mass is 275 g/mol. The van der Waals surface area contributed by atoms with E-state index in [1.165, 1.54) is 29.6 Å². The van der Waals surface area contributed by atoms with E-state index in [9.17, 15) is 0 Å². The molecular formula is C15H21N3S. The van der Waals surface area contributed by atoms with E-state index >= 15 is 0 Å². The summed E-state index contributed by atoms with van der Waals surface area (Å²) in [6, 6.07) is 8.88. The molecule has 1 aliphatic heterocycles. The van der Waals surface area contributed by atoms with Crippen molar-refractivity contribution in [1.29, 1.82) is 0 Å². The van der Waals surface area contributed by atoms with E-state index in [0.29, 0.717) is 6.04 Å². The number of piperidine rings is 1. The Morgan fingerprint density at radius 2 is 2.26 bits per heavy atom. The quantitative estimate of drug-likeness (QED) is 0.935. The fourth-order valence-corrected chi connectivity index (χ4v) is 4.04. The predicted molar refractivity (Wildman–Crippen MR) is 82.8 cm³/mol. The van der Waals surface area contributed by atoms with Gasteiger partial charge in [0.1, 0.15) is 5.00 Å². The summed E-state index contributed by atoms with van der Waals surface area (Å²) in [7, 11) is 0. The summed E-state index contributed by atoms with van der Waals surface area (Å²) in [6.45, 7) is 4.14. The zero-order chi connectivity index (χ0) is 13.2. The molecule has 2 atom stereocenters.